The zero-order valence-corrected chi connectivity index (χ0v) is 11.3. The number of ether oxygens (including phenoxy) is 1. The molecule has 0 fully saturated rings. The standard InChI is InChI=1S/C14H19N3O2/c1-14(19-2)7-5-11(6-8-14)9-15-13-4-3-12(10-18)16-17-13/h3-7,18H,8-10H2,1-2H3,(H,15,17). The Balaban J connectivity index is 1.88. The van der Waals surface area contributed by atoms with Gasteiger partial charge in [-0.2, -0.15) is 5.10 Å². The second-order valence-electron chi connectivity index (χ2n) is 4.75. The van der Waals surface area contributed by atoms with Gasteiger partial charge in [0.05, 0.1) is 17.9 Å². The maximum Gasteiger partial charge on any atom is 0.148 e. The van der Waals surface area contributed by atoms with Crippen LogP contribution in [0.5, 0.6) is 0 Å². The van der Waals surface area contributed by atoms with E-state index in [1.54, 1.807) is 13.2 Å². The molecule has 0 radical (unpaired) electrons. The van der Waals surface area contributed by atoms with Gasteiger partial charge in [0.25, 0.3) is 0 Å². The largest absolute Gasteiger partial charge is 0.390 e. The molecule has 1 aliphatic rings. The molecule has 19 heavy (non-hydrogen) atoms. The number of aliphatic hydroxyl groups excluding tert-OH is 1. The predicted octanol–water partition coefficient (Wildman–Crippen LogP) is 1.67. The highest BCUT2D eigenvalue weighted by Gasteiger charge is 2.21. The lowest BCUT2D eigenvalue weighted by Crippen LogP contribution is -2.25. The molecule has 0 spiro atoms. The Morgan fingerprint density at radius 3 is 2.79 bits per heavy atom. The Morgan fingerprint density at radius 1 is 1.42 bits per heavy atom. The van der Waals surface area contributed by atoms with Gasteiger partial charge in [0, 0.05) is 13.7 Å². The van der Waals surface area contributed by atoms with Gasteiger partial charge in [0.2, 0.25) is 0 Å². The van der Waals surface area contributed by atoms with E-state index in [0.29, 0.717) is 18.1 Å². The fraction of sp³-hybridized carbons (Fsp3) is 0.429. The van der Waals surface area contributed by atoms with Gasteiger partial charge in [0.15, 0.2) is 0 Å². The van der Waals surface area contributed by atoms with Crippen molar-refractivity contribution in [3.63, 3.8) is 0 Å². The van der Waals surface area contributed by atoms with Gasteiger partial charge >= 0.3 is 0 Å². The van der Waals surface area contributed by atoms with E-state index in [0.717, 1.165) is 6.42 Å². The average Bonchev–Trinajstić information content (AvgIpc) is 2.47. The molecule has 1 aromatic rings. The second-order valence-corrected chi connectivity index (χ2v) is 4.75. The van der Waals surface area contributed by atoms with Crippen molar-refractivity contribution < 1.29 is 9.84 Å². The third-order valence-electron chi connectivity index (χ3n) is 3.24. The maximum atomic E-state index is 8.88. The Hall–Kier alpha value is -1.72. The van der Waals surface area contributed by atoms with Crippen LogP contribution in [0.3, 0.4) is 0 Å². The smallest absolute Gasteiger partial charge is 0.148 e. The van der Waals surface area contributed by atoms with E-state index in [-0.39, 0.29) is 12.2 Å². The topological polar surface area (TPSA) is 67.3 Å². The lowest BCUT2D eigenvalue weighted by molar-refractivity contribution is 0.0502. The van der Waals surface area contributed by atoms with Crippen LogP contribution in [0.2, 0.25) is 0 Å². The van der Waals surface area contributed by atoms with Crippen molar-refractivity contribution in [3.05, 3.63) is 41.6 Å². The molecule has 5 heteroatoms. The van der Waals surface area contributed by atoms with Crippen LogP contribution in [0.1, 0.15) is 19.0 Å². The van der Waals surface area contributed by atoms with Crippen molar-refractivity contribution >= 4 is 5.82 Å². The Labute approximate surface area is 113 Å². The van der Waals surface area contributed by atoms with E-state index < -0.39 is 0 Å². The summed E-state index contributed by atoms with van der Waals surface area (Å²) in [5, 5.41) is 19.9. The van der Waals surface area contributed by atoms with Crippen molar-refractivity contribution in [2.24, 2.45) is 0 Å². The summed E-state index contributed by atoms with van der Waals surface area (Å²) in [6.45, 7) is 2.67. The summed E-state index contributed by atoms with van der Waals surface area (Å²) in [5.74, 6) is 0.701. The molecular weight excluding hydrogens is 242 g/mol. The fourth-order valence-corrected chi connectivity index (χ4v) is 1.77. The molecular formula is C14H19N3O2. The molecule has 0 bridgehead atoms. The molecule has 0 aromatic carbocycles. The van der Waals surface area contributed by atoms with Crippen LogP contribution in [0.4, 0.5) is 5.82 Å². The fourth-order valence-electron chi connectivity index (χ4n) is 1.77. The minimum atomic E-state index is -0.188. The number of hydrogen-bond acceptors (Lipinski definition) is 5. The molecule has 1 unspecified atom stereocenters. The predicted molar refractivity (Wildman–Crippen MR) is 73.7 cm³/mol. The van der Waals surface area contributed by atoms with E-state index in [1.165, 1.54) is 5.57 Å². The minimum absolute atomic E-state index is 0.0865. The Kier molecular flexibility index (Phi) is 4.29. The summed E-state index contributed by atoms with van der Waals surface area (Å²) in [6.07, 6.45) is 7.16. The molecule has 2 rings (SSSR count). The molecule has 0 amide bonds. The number of nitrogens with one attached hydrogen (secondary N) is 1. The van der Waals surface area contributed by atoms with Crippen molar-refractivity contribution in [1.82, 2.24) is 10.2 Å². The van der Waals surface area contributed by atoms with Gasteiger partial charge in [-0.1, -0.05) is 18.2 Å². The third-order valence-corrected chi connectivity index (χ3v) is 3.24. The van der Waals surface area contributed by atoms with Gasteiger partial charge in [-0.25, -0.2) is 0 Å². The summed E-state index contributed by atoms with van der Waals surface area (Å²) in [4.78, 5) is 0. The highest BCUT2D eigenvalue weighted by atomic mass is 16.5. The van der Waals surface area contributed by atoms with Gasteiger partial charge in [-0.05, 0) is 31.1 Å². The monoisotopic (exact) mass is 261 g/mol. The van der Waals surface area contributed by atoms with Crippen LogP contribution in [-0.4, -0.2) is 34.6 Å². The molecule has 1 aliphatic carbocycles. The maximum absolute atomic E-state index is 8.88. The molecule has 0 saturated carbocycles. The quantitative estimate of drug-likeness (QED) is 0.844. The van der Waals surface area contributed by atoms with Gasteiger partial charge in [0.1, 0.15) is 5.82 Å². The van der Waals surface area contributed by atoms with Gasteiger partial charge in [-0.15, -0.1) is 5.10 Å². The molecule has 2 N–H and O–H groups in total. The molecule has 102 valence electrons. The van der Waals surface area contributed by atoms with Crippen molar-refractivity contribution in [2.75, 3.05) is 19.0 Å². The first-order chi connectivity index (χ1) is 9.15. The Morgan fingerprint density at radius 2 is 2.26 bits per heavy atom. The molecule has 1 atom stereocenters. The van der Waals surface area contributed by atoms with E-state index in [2.05, 4.69) is 40.7 Å². The van der Waals surface area contributed by atoms with Crippen LogP contribution >= 0.6 is 0 Å². The summed E-state index contributed by atoms with van der Waals surface area (Å²) in [7, 11) is 1.72. The SMILES string of the molecule is COC1(C)C=CC(CNc2ccc(CO)nn2)=CC1. The summed E-state index contributed by atoms with van der Waals surface area (Å²) < 4.78 is 5.42. The molecule has 0 saturated heterocycles. The number of hydrogen-bond donors (Lipinski definition) is 2. The lowest BCUT2D eigenvalue weighted by Gasteiger charge is -2.26. The first-order valence-corrected chi connectivity index (χ1v) is 6.26. The summed E-state index contributed by atoms with van der Waals surface area (Å²) in [6, 6.07) is 3.56. The zero-order valence-electron chi connectivity index (χ0n) is 11.3. The van der Waals surface area contributed by atoms with E-state index in [4.69, 9.17) is 9.84 Å². The zero-order chi connectivity index (χ0) is 13.7. The third kappa shape index (κ3) is 3.62. The lowest BCUT2D eigenvalue weighted by atomic mass is 9.94. The van der Waals surface area contributed by atoms with Crippen LogP contribution < -0.4 is 5.32 Å². The molecule has 0 aliphatic heterocycles. The van der Waals surface area contributed by atoms with Gasteiger partial charge < -0.3 is 15.2 Å². The van der Waals surface area contributed by atoms with E-state index >= 15 is 0 Å². The second kappa shape index (κ2) is 5.95. The number of aliphatic hydroxyl groups is 1. The summed E-state index contributed by atoms with van der Waals surface area (Å²) in [5.41, 5.74) is 1.58. The van der Waals surface area contributed by atoms with Crippen LogP contribution in [-0.2, 0) is 11.3 Å². The highest BCUT2D eigenvalue weighted by molar-refractivity contribution is 5.38. The minimum Gasteiger partial charge on any atom is -0.390 e. The molecule has 5 nitrogen and oxygen atoms in total. The first-order valence-electron chi connectivity index (χ1n) is 6.26. The molecule has 1 heterocycles. The van der Waals surface area contributed by atoms with Crippen molar-refractivity contribution in [2.45, 2.75) is 25.6 Å². The average molecular weight is 261 g/mol. The van der Waals surface area contributed by atoms with Crippen molar-refractivity contribution in [3.8, 4) is 0 Å². The van der Waals surface area contributed by atoms with Crippen molar-refractivity contribution in [1.29, 1.82) is 0 Å². The van der Waals surface area contributed by atoms with Crippen LogP contribution in [0.15, 0.2) is 35.9 Å². The molecule has 1 aromatic heterocycles. The van der Waals surface area contributed by atoms with Crippen LogP contribution in [0, 0.1) is 0 Å². The number of rotatable bonds is 5. The highest BCUT2D eigenvalue weighted by Crippen LogP contribution is 2.23. The number of aromatic nitrogens is 2. The first kappa shape index (κ1) is 13.7. The normalized spacial score (nSPS) is 22.2. The van der Waals surface area contributed by atoms with E-state index in [9.17, 15) is 0 Å². The van der Waals surface area contributed by atoms with Crippen LogP contribution in [0.25, 0.3) is 0 Å². The Bertz CT molecular complexity index is 482. The number of anilines is 1. The summed E-state index contributed by atoms with van der Waals surface area (Å²) >= 11 is 0. The van der Waals surface area contributed by atoms with Gasteiger partial charge in [-0.3, -0.25) is 0 Å². The number of nitrogens with zero attached hydrogens (tertiary/aromatic N) is 2. The van der Waals surface area contributed by atoms with E-state index in [1.807, 2.05) is 6.07 Å². The number of methoxy groups -OCH3 is 1.